The third-order valence-corrected chi connectivity index (χ3v) is 13.0. The van der Waals surface area contributed by atoms with Crippen LogP contribution in [0.25, 0.3) is 0 Å². The Morgan fingerprint density at radius 3 is 0.563 bits per heavy atom. The molecule has 0 saturated heterocycles. The zero-order valence-electron chi connectivity index (χ0n) is 34.7. The van der Waals surface area contributed by atoms with Crippen molar-refractivity contribution in [3.05, 3.63) is 109 Å². The van der Waals surface area contributed by atoms with Gasteiger partial charge in [0.1, 0.15) is 32.5 Å². The third-order valence-electron chi connectivity index (χ3n) is 11.3. The highest BCUT2D eigenvalue weighted by Crippen LogP contribution is 2.57. The summed E-state index contributed by atoms with van der Waals surface area (Å²) in [6.45, 7) is 0. The van der Waals surface area contributed by atoms with Gasteiger partial charge in [-0.25, -0.2) is 47.6 Å². The first-order valence-electron chi connectivity index (χ1n) is 19.8. The average Bonchev–Trinajstić information content (AvgIpc) is 4.22. The van der Waals surface area contributed by atoms with Crippen LogP contribution >= 0.6 is 0 Å². The van der Waals surface area contributed by atoms with Crippen LogP contribution in [0.3, 0.4) is 0 Å². The smallest absolute Gasteiger partial charge is 0.258 e. The molecule has 0 N–H and O–H groups in total. The molecule has 2 aromatic rings. The van der Waals surface area contributed by atoms with Crippen molar-refractivity contribution >= 4 is 150 Å². The highest BCUT2D eigenvalue weighted by Gasteiger charge is 2.51. The van der Waals surface area contributed by atoms with Gasteiger partial charge in [-0.3, -0.25) is 76.7 Å². The lowest BCUT2D eigenvalue weighted by Gasteiger charge is -2.35. The van der Waals surface area contributed by atoms with E-state index in [4.69, 9.17) is 0 Å². The number of sulfone groups is 1. The molecule has 8 aliphatic rings. The summed E-state index contributed by atoms with van der Waals surface area (Å²) >= 11 is 0. The fourth-order valence-electron chi connectivity index (χ4n) is 8.39. The minimum absolute atomic E-state index is 0.00437. The molecule has 27 heteroatoms. The Kier molecular flexibility index (Phi) is 9.50. The fraction of sp³-hybridized carbons (Fsp3) is 0. The van der Waals surface area contributed by atoms with Crippen molar-refractivity contribution in [1.82, 2.24) is 0 Å². The normalized spacial score (nSPS) is 19.7. The summed E-state index contributed by atoms with van der Waals surface area (Å²) in [6, 6.07) is 0.620. The summed E-state index contributed by atoms with van der Waals surface area (Å²) in [5, 5.41) is 0. The SMILES string of the molecule is O=C1C=CC(=O)N1c1cc(S(=O)(=O)c2cc(N3C(=O)C=CC3=O)c(N3C(=O)C=CC3=O)c(N3C(=O)C=CC3=O)c2N2C(=O)C=CC2=O)c(N2C(=O)C=CC2=O)c(N2C(=O)C=CC2=O)c1N1C(=O)C=CC1=O. The molecule has 8 aliphatic heterocycles. The Morgan fingerprint density at radius 2 is 0.366 bits per heavy atom. The quantitative estimate of drug-likeness (QED) is 0.231. The molecule has 0 fully saturated rings. The van der Waals surface area contributed by atoms with Gasteiger partial charge < -0.3 is 0 Å². The molecule has 26 nitrogen and oxygen atoms in total. The standard InChI is InChI=1S/C44H18N8O18S/c53-23-1-2-24(54)45(23)19-17-21(41(49-31(61)9-10-32(49)62)43(51-35(65)13-14-36(51)66)39(19)47-27(57)5-6-28(47)58)71(69,70)22-18-20(46-25(55)3-4-26(46)56)40(48-29(59)7-8-30(48)60)44(52-37(67)15-16-38(52)68)42(22)50-33(63)11-12-34(50)64/h1-18H. The van der Waals surface area contributed by atoms with Crippen LogP contribution in [0.1, 0.15) is 0 Å². The lowest BCUT2D eigenvalue weighted by atomic mass is 10.1. The van der Waals surface area contributed by atoms with Gasteiger partial charge in [0.25, 0.3) is 94.5 Å². The molecule has 8 heterocycles. The molecule has 348 valence electrons. The number of rotatable bonds is 10. The van der Waals surface area contributed by atoms with Gasteiger partial charge in [0.2, 0.25) is 9.84 Å². The van der Waals surface area contributed by atoms with Gasteiger partial charge in [0.05, 0.1) is 22.7 Å². The highest BCUT2D eigenvalue weighted by molar-refractivity contribution is 7.92. The maximum atomic E-state index is 16.4. The predicted octanol–water partition coefficient (Wildman–Crippen LogP) is -2.05. The molecular formula is C44H18N8O18S. The molecule has 10 rings (SSSR count). The molecule has 0 saturated carbocycles. The van der Waals surface area contributed by atoms with E-state index in [0.29, 0.717) is 109 Å². The van der Waals surface area contributed by atoms with Gasteiger partial charge in [-0.15, -0.1) is 0 Å². The van der Waals surface area contributed by atoms with Crippen molar-refractivity contribution in [2.45, 2.75) is 9.79 Å². The van der Waals surface area contributed by atoms with Gasteiger partial charge in [0, 0.05) is 97.2 Å². The van der Waals surface area contributed by atoms with E-state index in [0.717, 1.165) is 0 Å². The predicted molar refractivity (Wildman–Crippen MR) is 231 cm³/mol. The van der Waals surface area contributed by atoms with Gasteiger partial charge in [0.15, 0.2) is 0 Å². The molecular weight excluding hydrogens is 961 g/mol. The molecule has 0 unspecified atom stereocenters. The minimum atomic E-state index is -6.29. The fourth-order valence-corrected chi connectivity index (χ4v) is 10.0. The van der Waals surface area contributed by atoms with E-state index in [1.54, 1.807) is 0 Å². The summed E-state index contributed by atoms with van der Waals surface area (Å²) in [5.41, 5.74) is -10.1. The Hall–Kier alpha value is -10.6. The number of benzene rings is 2. The van der Waals surface area contributed by atoms with E-state index >= 15 is 8.42 Å². The van der Waals surface area contributed by atoms with E-state index in [2.05, 4.69) is 0 Å². The second kappa shape index (κ2) is 15.2. The third kappa shape index (κ3) is 6.23. The molecule has 0 aromatic heterocycles. The van der Waals surface area contributed by atoms with Crippen LogP contribution in [-0.4, -0.2) is 103 Å². The average molecular weight is 979 g/mol. The van der Waals surface area contributed by atoms with Crippen LogP contribution in [0.15, 0.2) is 119 Å². The minimum Gasteiger partial charge on any atom is -0.269 e. The van der Waals surface area contributed by atoms with Crippen molar-refractivity contribution in [2.75, 3.05) is 39.2 Å². The van der Waals surface area contributed by atoms with Crippen LogP contribution in [0.2, 0.25) is 0 Å². The summed E-state index contributed by atoms with van der Waals surface area (Å²) in [4.78, 5) is 218. The Morgan fingerprint density at radius 1 is 0.211 bits per heavy atom. The molecule has 0 spiro atoms. The summed E-state index contributed by atoms with van der Waals surface area (Å²) < 4.78 is 32.8. The lowest BCUT2D eigenvalue weighted by Crippen LogP contribution is -2.42. The van der Waals surface area contributed by atoms with Gasteiger partial charge in [-0.2, -0.15) is 0 Å². The topological polar surface area (TPSA) is 333 Å². The van der Waals surface area contributed by atoms with Crippen LogP contribution < -0.4 is 39.2 Å². The van der Waals surface area contributed by atoms with Gasteiger partial charge in [-0.05, 0) is 12.1 Å². The summed E-state index contributed by atoms with van der Waals surface area (Å²) in [6.07, 6.45) is 9.64. The van der Waals surface area contributed by atoms with Gasteiger partial charge >= 0.3 is 0 Å². The maximum Gasteiger partial charge on any atom is 0.258 e. The number of amides is 16. The monoisotopic (exact) mass is 978 g/mol. The Bertz CT molecular complexity index is 3290. The van der Waals surface area contributed by atoms with E-state index in [1.165, 1.54) is 0 Å². The first kappa shape index (κ1) is 44.3. The van der Waals surface area contributed by atoms with Crippen molar-refractivity contribution in [2.24, 2.45) is 0 Å². The van der Waals surface area contributed by atoms with E-state index < -0.39 is 160 Å². The summed E-state index contributed by atoms with van der Waals surface area (Å²) in [7, 11) is -6.29. The zero-order chi connectivity index (χ0) is 50.9. The first-order valence-corrected chi connectivity index (χ1v) is 21.3. The largest absolute Gasteiger partial charge is 0.269 e. The molecule has 2 aromatic carbocycles. The lowest BCUT2D eigenvalue weighted by molar-refractivity contribution is -0.122. The number of carbonyl (C=O) groups excluding carboxylic acids is 16. The number of carbonyl (C=O) groups is 16. The van der Waals surface area contributed by atoms with E-state index in [9.17, 15) is 76.7 Å². The highest BCUT2D eigenvalue weighted by atomic mass is 32.2. The summed E-state index contributed by atoms with van der Waals surface area (Å²) in [5.74, 6) is -22.2. The van der Waals surface area contributed by atoms with Crippen LogP contribution in [0.4, 0.5) is 45.5 Å². The zero-order valence-corrected chi connectivity index (χ0v) is 35.5. The van der Waals surface area contributed by atoms with Crippen molar-refractivity contribution in [3.8, 4) is 0 Å². The number of imide groups is 8. The second-order valence-corrected chi connectivity index (χ2v) is 17.0. The van der Waals surface area contributed by atoms with E-state index in [-0.39, 0.29) is 39.2 Å². The van der Waals surface area contributed by atoms with Crippen molar-refractivity contribution in [3.63, 3.8) is 0 Å². The van der Waals surface area contributed by atoms with Crippen LogP contribution in [0, 0.1) is 0 Å². The van der Waals surface area contributed by atoms with Crippen LogP contribution in [0.5, 0.6) is 0 Å². The Labute approximate surface area is 392 Å². The number of hydrogen-bond acceptors (Lipinski definition) is 18. The number of hydrogen-bond donors (Lipinski definition) is 0. The Balaban J connectivity index is 1.44. The number of anilines is 8. The van der Waals surface area contributed by atoms with Gasteiger partial charge in [-0.1, -0.05) is 0 Å². The maximum absolute atomic E-state index is 16.4. The molecule has 0 bridgehead atoms. The molecule has 0 atom stereocenters. The first-order chi connectivity index (χ1) is 33.6. The molecule has 0 aliphatic carbocycles. The van der Waals surface area contributed by atoms with E-state index in [1.807, 2.05) is 0 Å². The number of nitrogens with zero attached hydrogens (tertiary/aromatic N) is 8. The van der Waals surface area contributed by atoms with Crippen molar-refractivity contribution < 1.29 is 85.1 Å². The van der Waals surface area contributed by atoms with Crippen molar-refractivity contribution in [1.29, 1.82) is 0 Å². The van der Waals surface area contributed by atoms with Crippen LogP contribution in [-0.2, 0) is 86.5 Å². The molecule has 71 heavy (non-hydrogen) atoms. The molecule has 0 radical (unpaired) electrons. The molecule has 16 amide bonds. The second-order valence-electron chi connectivity index (χ2n) is 15.1.